The Kier molecular flexibility index (Phi) is 15.8. The highest BCUT2D eigenvalue weighted by atomic mass is 35.5. The highest BCUT2D eigenvalue weighted by molar-refractivity contribution is 6.30. The number of amides is 2. The second-order valence-corrected chi connectivity index (χ2v) is 12.7. The molecular formula is C32H43Cl2F2N3O3. The van der Waals surface area contributed by atoms with Crippen LogP contribution in [-0.2, 0) is 14.9 Å². The number of nitriles is 1. The van der Waals surface area contributed by atoms with E-state index in [0.717, 1.165) is 12.8 Å². The number of carbonyl (C=O) groups excluding carboxylic acids is 2. The summed E-state index contributed by atoms with van der Waals surface area (Å²) in [5.74, 6) is -0.680. The lowest BCUT2D eigenvalue weighted by Gasteiger charge is -2.22. The van der Waals surface area contributed by atoms with Gasteiger partial charge in [-0.15, -0.1) is 0 Å². The zero-order valence-corrected chi connectivity index (χ0v) is 26.9. The minimum absolute atomic E-state index is 0.0142. The normalized spacial score (nSPS) is 18.1. The number of hydrogen-bond acceptors (Lipinski definition) is 4. The van der Waals surface area contributed by atoms with Gasteiger partial charge in [-0.3, -0.25) is 4.79 Å². The van der Waals surface area contributed by atoms with Crippen LogP contribution in [0, 0.1) is 34.3 Å². The molecule has 2 aliphatic rings. The molecule has 2 aromatic carbocycles. The molecule has 0 aromatic heterocycles. The lowest BCUT2D eigenvalue weighted by molar-refractivity contribution is -0.146. The lowest BCUT2D eigenvalue weighted by Crippen LogP contribution is -2.39. The van der Waals surface area contributed by atoms with Crippen molar-refractivity contribution in [1.29, 1.82) is 5.26 Å². The average molecular weight is 627 g/mol. The molecule has 10 heteroatoms. The fourth-order valence-corrected chi connectivity index (χ4v) is 4.63. The van der Waals surface area contributed by atoms with Crippen molar-refractivity contribution in [1.82, 2.24) is 10.2 Å². The molecule has 0 spiro atoms. The first kappa shape index (κ1) is 37.1. The van der Waals surface area contributed by atoms with Gasteiger partial charge in [-0.05, 0) is 48.9 Å². The van der Waals surface area contributed by atoms with Gasteiger partial charge >= 0.3 is 12.0 Å². The van der Waals surface area contributed by atoms with Gasteiger partial charge in [-0.1, -0.05) is 88.4 Å². The molecule has 1 atom stereocenters. The molecule has 0 radical (unpaired) electrons. The van der Waals surface area contributed by atoms with Gasteiger partial charge < -0.3 is 15.0 Å². The molecule has 1 aliphatic carbocycles. The summed E-state index contributed by atoms with van der Waals surface area (Å²) in [6.45, 7) is 9.36. The minimum atomic E-state index is -0.999. The fourth-order valence-electron chi connectivity index (χ4n) is 4.33. The van der Waals surface area contributed by atoms with Crippen molar-refractivity contribution in [2.45, 2.75) is 71.6 Å². The number of urea groups is 1. The third-order valence-electron chi connectivity index (χ3n) is 6.40. The number of methoxy groups -OCH3 is 1. The van der Waals surface area contributed by atoms with Crippen LogP contribution in [0.15, 0.2) is 42.5 Å². The highest BCUT2D eigenvalue weighted by Gasteiger charge is 2.43. The lowest BCUT2D eigenvalue weighted by atomic mass is 9.81. The molecular weight excluding hydrogens is 583 g/mol. The Balaban J connectivity index is 0.000000320. The van der Waals surface area contributed by atoms with Gasteiger partial charge in [-0.2, -0.15) is 5.26 Å². The van der Waals surface area contributed by atoms with E-state index < -0.39 is 11.2 Å². The number of likely N-dealkylation sites (tertiary alicyclic amines) is 1. The van der Waals surface area contributed by atoms with Crippen LogP contribution in [0.1, 0.15) is 71.8 Å². The number of rotatable bonds is 2. The van der Waals surface area contributed by atoms with E-state index in [1.165, 1.54) is 62.6 Å². The number of hydrogen-bond donors (Lipinski definition) is 1. The van der Waals surface area contributed by atoms with Crippen LogP contribution in [0.2, 0.25) is 10.0 Å². The molecule has 2 amide bonds. The number of halogens is 4. The molecule has 1 heterocycles. The summed E-state index contributed by atoms with van der Waals surface area (Å²) in [6.07, 6.45) is 6.15. The van der Waals surface area contributed by atoms with Gasteiger partial charge in [0.15, 0.2) is 0 Å². The van der Waals surface area contributed by atoms with Crippen molar-refractivity contribution < 1.29 is 23.1 Å². The van der Waals surface area contributed by atoms with Gasteiger partial charge in [0, 0.05) is 30.7 Å². The van der Waals surface area contributed by atoms with E-state index in [9.17, 15) is 23.6 Å². The van der Waals surface area contributed by atoms with Gasteiger partial charge in [0.2, 0.25) is 0 Å². The zero-order chi connectivity index (χ0) is 31.9. The van der Waals surface area contributed by atoms with Crippen LogP contribution in [0.5, 0.6) is 0 Å². The van der Waals surface area contributed by atoms with Crippen LogP contribution >= 0.6 is 23.2 Å². The fraction of sp³-hybridized carbons (Fsp3) is 0.531. The second-order valence-electron chi connectivity index (χ2n) is 11.8. The zero-order valence-electron chi connectivity index (χ0n) is 25.4. The van der Waals surface area contributed by atoms with Crippen molar-refractivity contribution in [3.63, 3.8) is 0 Å². The Labute approximate surface area is 259 Å². The Morgan fingerprint density at radius 3 is 2.10 bits per heavy atom. The summed E-state index contributed by atoms with van der Waals surface area (Å²) in [5, 5.41) is 12.4. The van der Waals surface area contributed by atoms with E-state index in [4.69, 9.17) is 23.2 Å². The average Bonchev–Trinajstić information content (AvgIpc) is 3.40. The molecule has 4 rings (SSSR count). The van der Waals surface area contributed by atoms with Gasteiger partial charge in [0.05, 0.1) is 24.1 Å². The Morgan fingerprint density at radius 2 is 1.64 bits per heavy atom. The summed E-state index contributed by atoms with van der Waals surface area (Å²) >= 11 is 11.1. The summed E-state index contributed by atoms with van der Waals surface area (Å²) in [7, 11) is 2.99. The van der Waals surface area contributed by atoms with Crippen molar-refractivity contribution in [2.75, 3.05) is 27.2 Å². The van der Waals surface area contributed by atoms with E-state index in [-0.39, 0.29) is 40.3 Å². The van der Waals surface area contributed by atoms with E-state index in [0.29, 0.717) is 23.9 Å². The maximum absolute atomic E-state index is 14.0. The first-order valence-corrected chi connectivity index (χ1v) is 14.7. The molecule has 2 fully saturated rings. The predicted molar refractivity (Wildman–Crippen MR) is 164 cm³/mol. The molecule has 1 N–H and O–H groups in total. The topological polar surface area (TPSA) is 82.4 Å². The molecule has 1 saturated carbocycles. The minimum Gasteiger partial charge on any atom is -0.469 e. The maximum Gasteiger partial charge on any atom is 0.317 e. The monoisotopic (exact) mass is 625 g/mol. The van der Waals surface area contributed by atoms with E-state index in [2.05, 4.69) is 43.8 Å². The molecule has 1 unspecified atom stereocenters. The van der Waals surface area contributed by atoms with Crippen molar-refractivity contribution in [3.8, 4) is 6.07 Å². The molecule has 232 valence electrons. The molecule has 1 saturated heterocycles. The Hall–Kier alpha value is -2.89. The highest BCUT2D eigenvalue weighted by Crippen LogP contribution is 2.36. The Bertz CT molecular complexity index is 1170. The SMILES string of the molecule is CC(C)(C)C.CNC(=O)N1CCC(C#N)(c2ccc(Cl)cc2F)C1.COC(=O)C1CCCCC1.Fc1ccccc1Cl. The number of nitrogens with one attached hydrogen (secondary N) is 1. The van der Waals surface area contributed by atoms with Crippen LogP contribution in [-0.4, -0.2) is 44.1 Å². The van der Waals surface area contributed by atoms with E-state index in [1.807, 2.05) is 0 Å². The summed E-state index contributed by atoms with van der Waals surface area (Å²) in [5.41, 5.74) is -0.202. The third-order valence-corrected chi connectivity index (χ3v) is 6.94. The molecule has 0 bridgehead atoms. The maximum atomic E-state index is 14.0. The number of carbonyl (C=O) groups is 2. The van der Waals surface area contributed by atoms with Gasteiger partial charge in [-0.25, -0.2) is 13.6 Å². The quantitative estimate of drug-likeness (QED) is 0.339. The molecule has 42 heavy (non-hydrogen) atoms. The first-order chi connectivity index (χ1) is 19.7. The second kappa shape index (κ2) is 17.9. The van der Waals surface area contributed by atoms with Crippen molar-refractivity contribution in [3.05, 3.63) is 69.7 Å². The van der Waals surface area contributed by atoms with E-state index >= 15 is 0 Å². The van der Waals surface area contributed by atoms with Crippen LogP contribution in [0.3, 0.4) is 0 Å². The summed E-state index contributed by atoms with van der Waals surface area (Å²) in [4.78, 5) is 24.0. The van der Waals surface area contributed by atoms with Gasteiger partial charge in [0.25, 0.3) is 0 Å². The van der Waals surface area contributed by atoms with Crippen LogP contribution in [0.25, 0.3) is 0 Å². The third kappa shape index (κ3) is 13.0. The summed E-state index contributed by atoms with van der Waals surface area (Å²) in [6, 6.07) is 12.3. The number of benzene rings is 2. The first-order valence-electron chi connectivity index (χ1n) is 14.0. The molecule has 1 aliphatic heterocycles. The van der Waals surface area contributed by atoms with Crippen molar-refractivity contribution in [2.24, 2.45) is 11.3 Å². The Morgan fingerprint density at radius 1 is 1.05 bits per heavy atom. The molecule has 6 nitrogen and oxygen atoms in total. The van der Waals surface area contributed by atoms with E-state index in [1.54, 1.807) is 18.2 Å². The van der Waals surface area contributed by atoms with Crippen LogP contribution in [0.4, 0.5) is 13.6 Å². The smallest absolute Gasteiger partial charge is 0.317 e. The van der Waals surface area contributed by atoms with Crippen molar-refractivity contribution >= 4 is 35.2 Å². The molecule has 2 aromatic rings. The van der Waals surface area contributed by atoms with Crippen LogP contribution < -0.4 is 5.32 Å². The predicted octanol–water partition coefficient (Wildman–Crippen LogP) is 8.56. The number of nitrogens with zero attached hydrogens (tertiary/aromatic N) is 2. The van der Waals surface area contributed by atoms with Gasteiger partial charge in [0.1, 0.15) is 17.0 Å². The number of ether oxygens (including phenoxy) is 1. The number of esters is 1. The summed E-state index contributed by atoms with van der Waals surface area (Å²) < 4.78 is 30.8. The largest absolute Gasteiger partial charge is 0.469 e. The standard InChI is InChI=1S/C13H13ClFN3O.C8H14O2.C6H4ClF.C5H12/c1-17-12(19)18-5-4-13(7-16,8-18)10-3-2-9(14)6-11(10)15;1-10-8(9)7-5-3-2-4-6-7;7-5-3-1-2-4-6(5)8;1-5(2,3)4/h2-3,6H,4-5,8H2,1H3,(H,17,19);7H,2-6H2,1H3;1-4H;1-4H3.